The number of carbonyl (C=O) groups is 1. The smallest absolute Gasteiger partial charge is 0.134 e. The van der Waals surface area contributed by atoms with Crippen LogP contribution in [0.3, 0.4) is 0 Å². The number of nitrogens with zero attached hydrogens (tertiary/aromatic N) is 2. The summed E-state index contributed by atoms with van der Waals surface area (Å²) in [7, 11) is 1.53. The van der Waals surface area contributed by atoms with Crippen molar-refractivity contribution in [3.8, 4) is 5.75 Å². The SMILES string of the molecule is COC1c2c(ccc3cnn(CC(C)NC(=O)[O-])c23)OCC1O. The molecule has 8 heteroatoms. The van der Waals surface area contributed by atoms with Crippen LogP contribution in [-0.4, -0.2) is 46.8 Å². The highest BCUT2D eigenvalue weighted by Crippen LogP contribution is 2.39. The van der Waals surface area contributed by atoms with Crippen molar-refractivity contribution in [1.29, 1.82) is 0 Å². The molecule has 0 spiro atoms. The number of ether oxygens (including phenoxy) is 2. The highest BCUT2D eigenvalue weighted by Gasteiger charge is 2.32. The van der Waals surface area contributed by atoms with E-state index in [1.165, 1.54) is 7.11 Å². The summed E-state index contributed by atoms with van der Waals surface area (Å²) < 4.78 is 12.7. The molecule has 2 heterocycles. The second kappa shape index (κ2) is 6.05. The van der Waals surface area contributed by atoms with Crippen LogP contribution in [0.25, 0.3) is 10.9 Å². The Balaban J connectivity index is 2.06. The second-order valence-electron chi connectivity index (χ2n) is 5.61. The zero-order valence-electron chi connectivity index (χ0n) is 12.9. The molecule has 8 nitrogen and oxygen atoms in total. The molecule has 1 amide bonds. The van der Waals surface area contributed by atoms with Gasteiger partial charge in [0.2, 0.25) is 0 Å². The van der Waals surface area contributed by atoms with Gasteiger partial charge in [0.1, 0.15) is 30.7 Å². The monoisotopic (exact) mass is 320 g/mol. The van der Waals surface area contributed by atoms with Crippen molar-refractivity contribution in [2.75, 3.05) is 13.7 Å². The topological polar surface area (TPSA) is 109 Å². The van der Waals surface area contributed by atoms with Crippen molar-refractivity contribution in [2.24, 2.45) is 0 Å². The van der Waals surface area contributed by atoms with Gasteiger partial charge in [0.25, 0.3) is 0 Å². The van der Waals surface area contributed by atoms with Crippen LogP contribution in [-0.2, 0) is 11.3 Å². The fraction of sp³-hybridized carbons (Fsp3) is 0.467. The van der Waals surface area contributed by atoms with E-state index in [0.717, 1.165) is 16.5 Å². The lowest BCUT2D eigenvalue weighted by atomic mass is 9.98. The minimum atomic E-state index is -1.33. The first kappa shape index (κ1) is 15.6. The van der Waals surface area contributed by atoms with Crippen molar-refractivity contribution in [1.82, 2.24) is 15.1 Å². The molecule has 0 radical (unpaired) electrons. The summed E-state index contributed by atoms with van der Waals surface area (Å²) in [5.74, 6) is 0.636. The van der Waals surface area contributed by atoms with Crippen LogP contribution in [0.1, 0.15) is 18.6 Å². The van der Waals surface area contributed by atoms with Crippen molar-refractivity contribution in [3.05, 3.63) is 23.9 Å². The highest BCUT2D eigenvalue weighted by atomic mass is 16.5. The number of methoxy groups -OCH3 is 1. The zero-order chi connectivity index (χ0) is 16.6. The molecular weight excluding hydrogens is 302 g/mol. The molecule has 1 aromatic heterocycles. The predicted octanol–water partition coefficient (Wildman–Crippen LogP) is -0.202. The third-order valence-electron chi connectivity index (χ3n) is 3.91. The molecule has 1 aromatic carbocycles. The molecule has 0 fully saturated rings. The number of hydrogen-bond donors (Lipinski definition) is 2. The fourth-order valence-corrected chi connectivity index (χ4v) is 2.96. The Labute approximate surface area is 132 Å². The fourth-order valence-electron chi connectivity index (χ4n) is 2.96. The van der Waals surface area contributed by atoms with E-state index in [4.69, 9.17) is 9.47 Å². The zero-order valence-corrected chi connectivity index (χ0v) is 12.9. The molecule has 2 aromatic rings. The van der Waals surface area contributed by atoms with Crippen LogP contribution in [0.15, 0.2) is 18.3 Å². The van der Waals surface area contributed by atoms with E-state index in [2.05, 4.69) is 10.4 Å². The summed E-state index contributed by atoms with van der Waals surface area (Å²) in [6.07, 6.45) is -0.943. The van der Waals surface area contributed by atoms with Gasteiger partial charge in [0.15, 0.2) is 0 Å². The van der Waals surface area contributed by atoms with Gasteiger partial charge in [-0.15, -0.1) is 0 Å². The molecule has 23 heavy (non-hydrogen) atoms. The second-order valence-corrected chi connectivity index (χ2v) is 5.61. The molecule has 3 unspecified atom stereocenters. The Bertz CT molecular complexity index is 729. The molecule has 0 bridgehead atoms. The van der Waals surface area contributed by atoms with Gasteiger partial charge in [0.05, 0.1) is 23.8 Å². The molecule has 3 atom stereocenters. The number of hydrogen-bond acceptors (Lipinski definition) is 6. The number of aromatic nitrogens is 2. The summed E-state index contributed by atoms with van der Waals surface area (Å²) in [6, 6.07) is 3.32. The molecule has 0 saturated carbocycles. The lowest BCUT2D eigenvalue weighted by Gasteiger charge is -2.30. The quantitative estimate of drug-likeness (QED) is 0.807. The standard InChI is InChI=1S/C15H19N3O5/c1-8(17-15(20)21)6-18-13-9(5-16-18)3-4-11-12(13)14(22-2)10(19)7-23-11/h3-5,8,10,14,17,19H,6-7H2,1-2H3,(H,20,21)/p-1. The Morgan fingerprint density at radius 3 is 3.13 bits per heavy atom. The van der Waals surface area contributed by atoms with E-state index in [1.54, 1.807) is 17.8 Å². The molecule has 0 aliphatic carbocycles. The number of rotatable bonds is 4. The first-order chi connectivity index (χ1) is 11.0. The van der Waals surface area contributed by atoms with Crippen molar-refractivity contribution in [3.63, 3.8) is 0 Å². The first-order valence-corrected chi connectivity index (χ1v) is 7.31. The number of aliphatic hydroxyl groups excluding tert-OH is 1. The van der Waals surface area contributed by atoms with Gasteiger partial charge in [-0.1, -0.05) is 0 Å². The summed E-state index contributed by atoms with van der Waals surface area (Å²) in [5, 5.41) is 28.2. The van der Waals surface area contributed by atoms with Gasteiger partial charge in [0, 0.05) is 18.5 Å². The van der Waals surface area contributed by atoms with Gasteiger partial charge >= 0.3 is 0 Å². The van der Waals surface area contributed by atoms with Crippen molar-refractivity contribution < 1.29 is 24.5 Å². The number of aliphatic hydroxyl groups is 1. The largest absolute Gasteiger partial charge is 0.530 e. The van der Waals surface area contributed by atoms with E-state index in [9.17, 15) is 15.0 Å². The van der Waals surface area contributed by atoms with E-state index < -0.39 is 18.3 Å². The normalized spacial score (nSPS) is 21.5. The van der Waals surface area contributed by atoms with E-state index in [1.807, 2.05) is 12.1 Å². The summed E-state index contributed by atoms with van der Waals surface area (Å²) in [6.45, 7) is 2.20. The van der Waals surface area contributed by atoms with Gasteiger partial charge in [-0.25, -0.2) is 0 Å². The number of fused-ring (bicyclic) bond motifs is 3. The van der Waals surface area contributed by atoms with E-state index >= 15 is 0 Å². The number of nitrogens with one attached hydrogen (secondary N) is 1. The Morgan fingerprint density at radius 2 is 2.43 bits per heavy atom. The molecule has 124 valence electrons. The maximum Gasteiger partial charge on any atom is 0.134 e. The number of carboxylic acid groups (broad SMARTS) is 1. The summed E-state index contributed by atoms with van der Waals surface area (Å²) in [4.78, 5) is 10.7. The van der Waals surface area contributed by atoms with Crippen LogP contribution in [0, 0.1) is 0 Å². The maximum absolute atomic E-state index is 10.7. The average molecular weight is 320 g/mol. The highest BCUT2D eigenvalue weighted by molar-refractivity contribution is 5.85. The van der Waals surface area contributed by atoms with Crippen LogP contribution in [0.2, 0.25) is 0 Å². The van der Waals surface area contributed by atoms with Gasteiger partial charge < -0.3 is 29.8 Å². The van der Waals surface area contributed by atoms with Gasteiger partial charge in [-0.2, -0.15) is 5.10 Å². The van der Waals surface area contributed by atoms with Crippen LogP contribution < -0.4 is 15.2 Å². The number of amides is 1. The lowest BCUT2D eigenvalue weighted by molar-refractivity contribution is -0.251. The van der Waals surface area contributed by atoms with Crippen LogP contribution in [0.5, 0.6) is 5.75 Å². The van der Waals surface area contributed by atoms with Crippen molar-refractivity contribution in [2.45, 2.75) is 31.7 Å². The Hall–Kier alpha value is -2.32. The molecule has 0 saturated heterocycles. The molecule has 2 N–H and O–H groups in total. The lowest BCUT2D eigenvalue weighted by Crippen LogP contribution is -2.43. The third-order valence-corrected chi connectivity index (χ3v) is 3.91. The van der Waals surface area contributed by atoms with E-state index in [0.29, 0.717) is 12.3 Å². The summed E-state index contributed by atoms with van der Waals surface area (Å²) >= 11 is 0. The minimum Gasteiger partial charge on any atom is -0.530 e. The molecular formula is C15H18N3O5-. The molecule has 3 rings (SSSR count). The van der Waals surface area contributed by atoms with Crippen LogP contribution >= 0.6 is 0 Å². The van der Waals surface area contributed by atoms with E-state index in [-0.39, 0.29) is 12.6 Å². The number of carbonyl (C=O) groups excluding carboxylic acids is 1. The minimum absolute atomic E-state index is 0.161. The average Bonchev–Trinajstić information content (AvgIpc) is 2.89. The van der Waals surface area contributed by atoms with Gasteiger partial charge in [-0.3, -0.25) is 4.68 Å². The molecule has 1 aliphatic rings. The third kappa shape index (κ3) is 2.82. The predicted molar refractivity (Wildman–Crippen MR) is 79.0 cm³/mol. The number of benzene rings is 1. The summed E-state index contributed by atoms with van der Waals surface area (Å²) in [5.41, 5.74) is 1.49. The first-order valence-electron chi connectivity index (χ1n) is 7.31. The molecule has 1 aliphatic heterocycles. The maximum atomic E-state index is 10.7. The van der Waals surface area contributed by atoms with Crippen LogP contribution in [0.4, 0.5) is 4.79 Å². The van der Waals surface area contributed by atoms with Gasteiger partial charge in [-0.05, 0) is 19.1 Å². The van der Waals surface area contributed by atoms with Crippen molar-refractivity contribution >= 4 is 17.0 Å². The Morgan fingerprint density at radius 1 is 1.65 bits per heavy atom. The Kier molecular flexibility index (Phi) is 4.10.